The molecule has 0 heterocycles. The smallest absolute Gasteiger partial charge is 0.211 e. The summed E-state index contributed by atoms with van der Waals surface area (Å²) in [4.78, 5) is 56.9. The number of aliphatic imine (C=N–C) groups is 4. The highest BCUT2D eigenvalue weighted by Gasteiger charge is 2.35. The second kappa shape index (κ2) is 7.79. The Kier molecular flexibility index (Phi) is 5.72. The normalized spacial score (nSPS) is 26.3. The molecular weight excluding hydrogens is 348 g/mol. The van der Waals surface area contributed by atoms with Crippen LogP contribution in [0, 0.1) is 5.41 Å². The van der Waals surface area contributed by atoms with Gasteiger partial charge in [-0.05, 0) is 23.3 Å². The lowest BCUT2D eigenvalue weighted by molar-refractivity contribution is 0.488. The van der Waals surface area contributed by atoms with E-state index in [0.717, 1.165) is 11.1 Å². The van der Waals surface area contributed by atoms with E-state index in [0.29, 0.717) is 0 Å². The van der Waals surface area contributed by atoms with Crippen molar-refractivity contribution in [1.82, 2.24) is 0 Å². The number of nitrogens with zero attached hydrogens (tertiary/aromatic N) is 4. The van der Waals surface area contributed by atoms with Crippen LogP contribution in [0.5, 0.6) is 0 Å². The average molecular weight is 364 g/mol. The molecule has 0 aromatic rings. The molecule has 0 unspecified atom stereocenters. The molecule has 0 radical (unpaired) electrons. The van der Waals surface area contributed by atoms with Crippen molar-refractivity contribution in [3.05, 3.63) is 47.6 Å². The molecule has 0 N–H and O–H groups in total. The highest BCUT2D eigenvalue weighted by Crippen LogP contribution is 2.42. The SMILES string of the molecule is CC(C)(C1=CCC(N=C=O)(N=C=O)C=C1)C1=CCC(N=C=O)(N=C=O)C=C1. The molecule has 2 aliphatic rings. The van der Waals surface area contributed by atoms with E-state index in [2.05, 4.69) is 20.0 Å². The Morgan fingerprint density at radius 1 is 0.741 bits per heavy atom. The first kappa shape index (κ1) is 19.8. The Morgan fingerprint density at radius 3 is 1.30 bits per heavy atom. The summed E-state index contributed by atoms with van der Waals surface area (Å²) >= 11 is 0. The summed E-state index contributed by atoms with van der Waals surface area (Å²) < 4.78 is 0. The second-order valence-corrected chi connectivity index (χ2v) is 6.59. The van der Waals surface area contributed by atoms with Gasteiger partial charge in [-0.3, -0.25) is 0 Å². The van der Waals surface area contributed by atoms with Crippen LogP contribution >= 0.6 is 0 Å². The van der Waals surface area contributed by atoms with Gasteiger partial charge in [0.2, 0.25) is 24.3 Å². The van der Waals surface area contributed by atoms with Gasteiger partial charge in [-0.2, -0.15) is 20.0 Å². The zero-order valence-electron chi connectivity index (χ0n) is 14.8. The van der Waals surface area contributed by atoms with Crippen LogP contribution in [0.1, 0.15) is 26.7 Å². The molecule has 136 valence electrons. The van der Waals surface area contributed by atoms with Gasteiger partial charge in [0.15, 0.2) is 11.3 Å². The molecule has 8 heteroatoms. The van der Waals surface area contributed by atoms with Crippen LogP contribution in [0.3, 0.4) is 0 Å². The van der Waals surface area contributed by atoms with Crippen LogP contribution in [-0.4, -0.2) is 35.6 Å². The number of carbonyl (C=O) groups excluding carboxylic acids is 4. The molecule has 0 saturated heterocycles. The minimum atomic E-state index is -1.30. The highest BCUT2D eigenvalue weighted by molar-refractivity contribution is 5.49. The molecule has 0 amide bonds. The van der Waals surface area contributed by atoms with Gasteiger partial charge >= 0.3 is 0 Å². The molecule has 8 nitrogen and oxygen atoms in total. The molecule has 0 spiro atoms. The first-order chi connectivity index (χ1) is 12.9. The third-order valence-corrected chi connectivity index (χ3v) is 4.70. The molecule has 0 aliphatic heterocycles. The van der Waals surface area contributed by atoms with Crippen molar-refractivity contribution in [2.75, 3.05) is 0 Å². The maximum Gasteiger partial charge on any atom is 0.237 e. The van der Waals surface area contributed by atoms with Crippen LogP contribution in [0.2, 0.25) is 0 Å². The number of isocyanates is 4. The maximum absolute atomic E-state index is 10.6. The first-order valence-corrected chi connectivity index (χ1v) is 8.03. The lowest BCUT2D eigenvalue weighted by Crippen LogP contribution is -2.28. The fourth-order valence-electron chi connectivity index (χ4n) is 3.03. The second-order valence-electron chi connectivity index (χ2n) is 6.59. The third-order valence-electron chi connectivity index (χ3n) is 4.70. The summed E-state index contributed by atoms with van der Waals surface area (Å²) in [6, 6.07) is 0. The van der Waals surface area contributed by atoms with Gasteiger partial charge in [0.1, 0.15) is 0 Å². The van der Waals surface area contributed by atoms with E-state index in [1.54, 1.807) is 24.3 Å². The zero-order valence-corrected chi connectivity index (χ0v) is 14.8. The van der Waals surface area contributed by atoms with Gasteiger partial charge in [0.05, 0.1) is 0 Å². The summed E-state index contributed by atoms with van der Waals surface area (Å²) in [5.41, 5.74) is -1.21. The molecule has 0 aromatic heterocycles. The van der Waals surface area contributed by atoms with E-state index in [4.69, 9.17) is 0 Å². The van der Waals surface area contributed by atoms with Crippen molar-refractivity contribution in [3.63, 3.8) is 0 Å². The molecule has 0 saturated carbocycles. The lowest BCUT2D eigenvalue weighted by atomic mass is 9.72. The predicted octanol–water partition coefficient (Wildman–Crippen LogP) is 2.52. The van der Waals surface area contributed by atoms with Crippen LogP contribution in [0.4, 0.5) is 0 Å². The first-order valence-electron chi connectivity index (χ1n) is 8.03. The lowest BCUT2D eigenvalue weighted by Gasteiger charge is -2.34. The van der Waals surface area contributed by atoms with Gasteiger partial charge in [0, 0.05) is 18.3 Å². The summed E-state index contributed by atoms with van der Waals surface area (Å²) in [7, 11) is 0. The Morgan fingerprint density at radius 2 is 1.07 bits per heavy atom. The molecule has 0 bridgehead atoms. The van der Waals surface area contributed by atoms with Crippen molar-refractivity contribution < 1.29 is 19.2 Å². The predicted molar refractivity (Wildman–Crippen MR) is 95.4 cm³/mol. The maximum atomic E-state index is 10.6. The monoisotopic (exact) mass is 364 g/mol. The molecule has 0 atom stereocenters. The molecule has 0 fully saturated rings. The summed E-state index contributed by atoms with van der Waals surface area (Å²) in [6.07, 6.45) is 16.4. The number of hydrogen-bond donors (Lipinski definition) is 0. The van der Waals surface area contributed by atoms with E-state index in [9.17, 15) is 19.2 Å². The van der Waals surface area contributed by atoms with E-state index in [1.807, 2.05) is 26.0 Å². The molecule has 2 rings (SSSR count). The van der Waals surface area contributed by atoms with Crippen LogP contribution in [-0.2, 0) is 19.2 Å². The van der Waals surface area contributed by atoms with Crippen molar-refractivity contribution >= 4 is 24.3 Å². The van der Waals surface area contributed by atoms with Crippen molar-refractivity contribution in [2.24, 2.45) is 25.4 Å². The summed E-state index contributed by atoms with van der Waals surface area (Å²) in [5, 5.41) is 0. The highest BCUT2D eigenvalue weighted by atomic mass is 16.1. The third kappa shape index (κ3) is 4.01. The topological polar surface area (TPSA) is 118 Å². The fourth-order valence-corrected chi connectivity index (χ4v) is 3.03. The van der Waals surface area contributed by atoms with Crippen molar-refractivity contribution in [2.45, 2.75) is 38.0 Å². The van der Waals surface area contributed by atoms with Gasteiger partial charge in [0.25, 0.3) is 0 Å². The molecule has 0 aromatic carbocycles. The Labute approximate surface area is 155 Å². The van der Waals surface area contributed by atoms with Gasteiger partial charge < -0.3 is 0 Å². The number of hydrogen-bond acceptors (Lipinski definition) is 8. The molecule has 27 heavy (non-hydrogen) atoms. The van der Waals surface area contributed by atoms with E-state index in [1.165, 1.54) is 24.3 Å². The van der Waals surface area contributed by atoms with E-state index in [-0.39, 0.29) is 12.8 Å². The quantitative estimate of drug-likeness (QED) is 0.531. The minimum Gasteiger partial charge on any atom is -0.211 e. The Hall–Kier alpha value is -3.52. The standard InChI is InChI=1S/C19H16N4O4/c1-17(2,15-3-7-18(8-4-15,20-11-24)21-12-25)16-5-9-19(10-6-16,22-13-26)23-14-27/h3-7,9H,8,10H2,1-2H3. The largest absolute Gasteiger partial charge is 0.237 e. The zero-order chi connectivity index (χ0) is 20.0. The Bertz CT molecular complexity index is 832. The van der Waals surface area contributed by atoms with Crippen LogP contribution < -0.4 is 0 Å². The summed E-state index contributed by atoms with van der Waals surface area (Å²) in [6.45, 7) is 3.97. The van der Waals surface area contributed by atoms with Crippen molar-refractivity contribution in [3.8, 4) is 0 Å². The van der Waals surface area contributed by atoms with Gasteiger partial charge in [-0.15, -0.1) is 0 Å². The Balaban J connectivity index is 2.31. The van der Waals surface area contributed by atoms with Gasteiger partial charge in [-0.25, -0.2) is 19.2 Å². The van der Waals surface area contributed by atoms with Gasteiger partial charge in [-0.1, -0.05) is 38.2 Å². The number of rotatable bonds is 6. The average Bonchev–Trinajstić information content (AvgIpc) is 2.63. The molecular formula is C19H16N4O4. The van der Waals surface area contributed by atoms with Crippen LogP contribution in [0.15, 0.2) is 67.6 Å². The van der Waals surface area contributed by atoms with E-state index >= 15 is 0 Å². The van der Waals surface area contributed by atoms with E-state index < -0.39 is 16.7 Å². The number of allylic oxidation sites excluding steroid dienone is 4. The summed E-state index contributed by atoms with van der Waals surface area (Å²) in [5.74, 6) is 0. The minimum absolute atomic E-state index is 0.221. The van der Waals surface area contributed by atoms with Crippen LogP contribution in [0.25, 0.3) is 0 Å². The molecule has 2 aliphatic carbocycles. The fraction of sp³-hybridized carbons (Fsp3) is 0.368. The van der Waals surface area contributed by atoms with Crippen molar-refractivity contribution in [1.29, 1.82) is 0 Å².